The molecule has 1 aliphatic heterocycles. The Balaban J connectivity index is 0.00000242. The van der Waals surface area contributed by atoms with Gasteiger partial charge in [0, 0.05) is 24.5 Å². The summed E-state index contributed by atoms with van der Waals surface area (Å²) in [5.74, 6) is 1.31. The summed E-state index contributed by atoms with van der Waals surface area (Å²) in [4.78, 5) is 8.51. The summed E-state index contributed by atoms with van der Waals surface area (Å²) in [6, 6.07) is 4.36. The highest BCUT2D eigenvalue weighted by atomic mass is 127. The minimum absolute atomic E-state index is 0. The highest BCUT2D eigenvalue weighted by molar-refractivity contribution is 14.0. The number of likely N-dealkylation sites (tertiary alicyclic amines) is 1. The summed E-state index contributed by atoms with van der Waals surface area (Å²) in [6.07, 6.45) is 4.80. The van der Waals surface area contributed by atoms with Crippen LogP contribution in [0.25, 0.3) is 0 Å². The highest BCUT2D eigenvalue weighted by Gasteiger charge is 2.19. The van der Waals surface area contributed by atoms with Crippen LogP contribution in [0.2, 0.25) is 0 Å². The minimum atomic E-state index is 0. The summed E-state index contributed by atoms with van der Waals surface area (Å²) in [6.45, 7) is 7.46. The molecule has 22 heavy (non-hydrogen) atoms. The van der Waals surface area contributed by atoms with Crippen LogP contribution in [0.1, 0.15) is 37.5 Å². The number of hydrogen-bond acceptors (Lipinski definition) is 3. The van der Waals surface area contributed by atoms with E-state index in [1.807, 2.05) is 11.3 Å². The molecule has 1 fully saturated rings. The average Bonchev–Trinajstić information content (AvgIpc) is 3.00. The third kappa shape index (κ3) is 7.28. The second-order valence-electron chi connectivity index (χ2n) is 5.81. The number of hydrogen-bond donors (Lipinski definition) is 2. The van der Waals surface area contributed by atoms with E-state index in [9.17, 15) is 0 Å². The van der Waals surface area contributed by atoms with Gasteiger partial charge in [0.1, 0.15) is 0 Å². The smallest absolute Gasteiger partial charge is 0.188 e. The number of unbranched alkanes of at least 4 members (excludes halogenated alkanes) is 1. The standard InChI is InChI=1S/C16H28N4S.HI/c1-2-3-8-18-16(17)19-12-14-6-9-20(10-7-14)13-15-5-4-11-21-15;/h4-5,11,14H,2-3,6-10,12-13H2,1H3,(H3,17,18,19);1H. The molecule has 2 heterocycles. The van der Waals surface area contributed by atoms with E-state index >= 15 is 0 Å². The van der Waals surface area contributed by atoms with Gasteiger partial charge in [0.25, 0.3) is 0 Å². The number of thiophene rings is 1. The maximum absolute atomic E-state index is 5.88. The van der Waals surface area contributed by atoms with Crippen LogP contribution in [-0.4, -0.2) is 37.0 Å². The molecule has 6 heteroatoms. The quantitative estimate of drug-likeness (QED) is 0.299. The molecule has 1 aromatic heterocycles. The molecule has 1 aliphatic rings. The lowest BCUT2D eigenvalue weighted by Crippen LogP contribution is -2.35. The van der Waals surface area contributed by atoms with Crippen molar-refractivity contribution in [2.24, 2.45) is 16.6 Å². The maximum Gasteiger partial charge on any atom is 0.188 e. The van der Waals surface area contributed by atoms with Gasteiger partial charge < -0.3 is 11.1 Å². The summed E-state index contributed by atoms with van der Waals surface area (Å²) >= 11 is 1.85. The van der Waals surface area contributed by atoms with Crippen molar-refractivity contribution in [1.29, 1.82) is 0 Å². The normalized spacial score (nSPS) is 17.2. The molecule has 1 saturated heterocycles. The number of nitrogens with zero attached hydrogens (tertiary/aromatic N) is 2. The maximum atomic E-state index is 5.88. The molecule has 0 atom stereocenters. The molecule has 0 unspecified atom stereocenters. The Labute approximate surface area is 155 Å². The van der Waals surface area contributed by atoms with Gasteiger partial charge >= 0.3 is 0 Å². The fourth-order valence-corrected chi connectivity index (χ4v) is 3.37. The van der Waals surface area contributed by atoms with E-state index in [4.69, 9.17) is 5.73 Å². The van der Waals surface area contributed by atoms with Crippen LogP contribution in [0.4, 0.5) is 0 Å². The molecule has 1 aromatic rings. The average molecular weight is 436 g/mol. The summed E-state index contributed by atoms with van der Waals surface area (Å²) in [5.41, 5.74) is 5.88. The van der Waals surface area contributed by atoms with E-state index in [1.54, 1.807) is 0 Å². The molecule has 0 aliphatic carbocycles. The van der Waals surface area contributed by atoms with Crippen LogP contribution in [0.5, 0.6) is 0 Å². The second kappa shape index (κ2) is 11.2. The van der Waals surface area contributed by atoms with Crippen molar-refractivity contribution in [2.75, 3.05) is 26.2 Å². The number of rotatable bonds is 7. The topological polar surface area (TPSA) is 53.6 Å². The molecule has 0 radical (unpaired) electrons. The van der Waals surface area contributed by atoms with Crippen molar-refractivity contribution < 1.29 is 0 Å². The molecule has 2 rings (SSSR count). The molecular formula is C16H29IN4S. The number of halogens is 1. The molecule has 4 nitrogen and oxygen atoms in total. The molecular weight excluding hydrogens is 407 g/mol. The predicted molar refractivity (Wildman–Crippen MR) is 107 cm³/mol. The van der Waals surface area contributed by atoms with E-state index < -0.39 is 0 Å². The summed E-state index contributed by atoms with van der Waals surface area (Å²) in [5, 5.41) is 5.34. The molecule has 3 N–H and O–H groups in total. The van der Waals surface area contributed by atoms with Crippen LogP contribution in [0.3, 0.4) is 0 Å². The third-order valence-electron chi connectivity index (χ3n) is 4.02. The lowest BCUT2D eigenvalue weighted by Gasteiger charge is -2.30. The van der Waals surface area contributed by atoms with Crippen LogP contribution < -0.4 is 11.1 Å². The van der Waals surface area contributed by atoms with Gasteiger partial charge in [-0.2, -0.15) is 0 Å². The van der Waals surface area contributed by atoms with Gasteiger partial charge in [-0.05, 0) is 49.7 Å². The van der Waals surface area contributed by atoms with Gasteiger partial charge in [0.05, 0.1) is 0 Å². The molecule has 0 spiro atoms. The van der Waals surface area contributed by atoms with Crippen LogP contribution in [0.15, 0.2) is 22.5 Å². The van der Waals surface area contributed by atoms with Crippen molar-refractivity contribution in [3.05, 3.63) is 22.4 Å². The number of nitrogens with one attached hydrogen (secondary N) is 1. The Hall–Kier alpha value is -0.340. The Morgan fingerprint density at radius 1 is 1.45 bits per heavy atom. The van der Waals surface area contributed by atoms with Gasteiger partial charge in [-0.3, -0.25) is 9.89 Å². The lowest BCUT2D eigenvalue weighted by molar-refractivity contribution is 0.182. The van der Waals surface area contributed by atoms with E-state index in [2.05, 4.69) is 39.6 Å². The van der Waals surface area contributed by atoms with E-state index in [-0.39, 0.29) is 24.0 Å². The van der Waals surface area contributed by atoms with E-state index in [1.165, 1.54) is 37.2 Å². The second-order valence-corrected chi connectivity index (χ2v) is 6.84. The minimum Gasteiger partial charge on any atom is -0.370 e. The zero-order chi connectivity index (χ0) is 14.9. The monoisotopic (exact) mass is 436 g/mol. The van der Waals surface area contributed by atoms with Gasteiger partial charge in [-0.25, -0.2) is 0 Å². The molecule has 0 amide bonds. The predicted octanol–water partition coefficient (Wildman–Crippen LogP) is 3.28. The number of nitrogens with two attached hydrogens (primary N) is 1. The Morgan fingerprint density at radius 2 is 2.23 bits per heavy atom. The van der Waals surface area contributed by atoms with Crippen molar-refractivity contribution in [1.82, 2.24) is 10.2 Å². The van der Waals surface area contributed by atoms with Gasteiger partial charge in [-0.15, -0.1) is 35.3 Å². The summed E-state index contributed by atoms with van der Waals surface area (Å²) in [7, 11) is 0. The molecule has 0 saturated carbocycles. The van der Waals surface area contributed by atoms with Crippen LogP contribution in [-0.2, 0) is 6.54 Å². The zero-order valence-electron chi connectivity index (χ0n) is 13.5. The first-order valence-electron chi connectivity index (χ1n) is 8.06. The van der Waals surface area contributed by atoms with Crippen LogP contribution in [0, 0.1) is 5.92 Å². The first kappa shape index (κ1) is 19.7. The van der Waals surface area contributed by atoms with Crippen molar-refractivity contribution >= 4 is 41.3 Å². The van der Waals surface area contributed by atoms with Gasteiger partial charge in [0.2, 0.25) is 0 Å². The Bertz CT molecular complexity index is 414. The van der Waals surface area contributed by atoms with Crippen LogP contribution >= 0.6 is 35.3 Å². The molecule has 0 aromatic carbocycles. The van der Waals surface area contributed by atoms with Crippen molar-refractivity contribution in [3.63, 3.8) is 0 Å². The third-order valence-corrected chi connectivity index (χ3v) is 4.88. The molecule has 0 bridgehead atoms. The number of aliphatic imine (C=N–C) groups is 1. The fourth-order valence-electron chi connectivity index (χ4n) is 2.63. The van der Waals surface area contributed by atoms with E-state index in [0.717, 1.165) is 26.1 Å². The number of guanidine groups is 1. The lowest BCUT2D eigenvalue weighted by atomic mass is 9.97. The highest BCUT2D eigenvalue weighted by Crippen LogP contribution is 2.20. The van der Waals surface area contributed by atoms with E-state index in [0.29, 0.717) is 11.9 Å². The largest absolute Gasteiger partial charge is 0.370 e. The molecule has 126 valence electrons. The SMILES string of the molecule is CCCCNC(N)=NCC1CCN(Cc2cccs2)CC1.I. The van der Waals surface area contributed by atoms with Crippen molar-refractivity contribution in [2.45, 2.75) is 39.2 Å². The first-order valence-corrected chi connectivity index (χ1v) is 8.94. The zero-order valence-corrected chi connectivity index (χ0v) is 16.6. The fraction of sp³-hybridized carbons (Fsp3) is 0.688. The summed E-state index contributed by atoms with van der Waals surface area (Å²) < 4.78 is 0. The van der Waals surface area contributed by atoms with Crippen molar-refractivity contribution in [3.8, 4) is 0 Å². The Morgan fingerprint density at radius 3 is 2.86 bits per heavy atom. The Kier molecular flexibility index (Phi) is 10.1. The number of piperidine rings is 1. The first-order chi connectivity index (χ1) is 10.3. The van der Waals surface area contributed by atoms with Gasteiger partial charge in [0.15, 0.2) is 5.96 Å². The van der Waals surface area contributed by atoms with Gasteiger partial charge in [-0.1, -0.05) is 19.4 Å².